The van der Waals surface area contributed by atoms with Gasteiger partial charge in [0.25, 0.3) is 5.91 Å². The van der Waals surface area contributed by atoms with Gasteiger partial charge in [-0.05, 0) is 6.07 Å². The third-order valence-corrected chi connectivity index (χ3v) is 2.06. The molecule has 0 saturated heterocycles. The molecule has 1 aromatic rings. The lowest BCUT2D eigenvalue weighted by Crippen LogP contribution is -2.41. The molecule has 9 nitrogen and oxygen atoms in total. The average molecular weight is 270 g/mol. The van der Waals surface area contributed by atoms with Gasteiger partial charge < -0.3 is 15.2 Å². The Morgan fingerprint density at radius 2 is 2.16 bits per heavy atom. The molecule has 0 aliphatic carbocycles. The van der Waals surface area contributed by atoms with Crippen molar-refractivity contribution >= 4 is 17.9 Å². The fraction of sp³-hybridized carbons (Fsp3) is 0.400. The van der Waals surface area contributed by atoms with Gasteiger partial charge in [0.05, 0.1) is 12.2 Å². The summed E-state index contributed by atoms with van der Waals surface area (Å²) >= 11 is 0. The Kier molecular flexibility index (Phi) is 5.48. The minimum Gasteiger partial charge on any atom is -0.480 e. The molecule has 0 fully saturated rings. The van der Waals surface area contributed by atoms with Crippen LogP contribution < -0.4 is 10.6 Å². The number of carbonyl (C=O) groups excluding carboxylic acids is 2. The SMILES string of the molecule is Cn1nccc1CNC(=O)NC(=O)COCC(=O)O. The third-order valence-electron chi connectivity index (χ3n) is 2.06. The van der Waals surface area contributed by atoms with E-state index in [9.17, 15) is 14.4 Å². The lowest BCUT2D eigenvalue weighted by molar-refractivity contribution is -0.143. The number of hydrogen-bond acceptors (Lipinski definition) is 5. The van der Waals surface area contributed by atoms with Crippen LogP contribution in [0.2, 0.25) is 0 Å². The number of amides is 3. The molecular formula is C10H14N4O5. The summed E-state index contributed by atoms with van der Waals surface area (Å²) in [5.41, 5.74) is 0.768. The standard InChI is InChI=1S/C10H14N4O5/c1-14-7(2-3-12-14)4-11-10(18)13-8(15)5-19-6-9(16)17/h2-3H,4-6H2,1H3,(H,16,17)(H2,11,13,15,18). The van der Waals surface area contributed by atoms with E-state index < -0.39 is 31.1 Å². The molecule has 0 atom stereocenters. The summed E-state index contributed by atoms with van der Waals surface area (Å²) < 4.78 is 6.10. The van der Waals surface area contributed by atoms with E-state index >= 15 is 0 Å². The van der Waals surface area contributed by atoms with Crippen LogP contribution in [-0.4, -0.2) is 46.0 Å². The molecule has 9 heteroatoms. The first-order chi connectivity index (χ1) is 8.99. The molecule has 0 aliphatic rings. The maximum Gasteiger partial charge on any atom is 0.329 e. The Morgan fingerprint density at radius 3 is 2.74 bits per heavy atom. The minimum atomic E-state index is -1.19. The highest BCUT2D eigenvalue weighted by atomic mass is 16.5. The number of carbonyl (C=O) groups is 3. The smallest absolute Gasteiger partial charge is 0.329 e. The molecule has 1 aromatic heterocycles. The first-order valence-corrected chi connectivity index (χ1v) is 5.33. The van der Waals surface area contributed by atoms with Gasteiger partial charge in [0.1, 0.15) is 13.2 Å². The van der Waals surface area contributed by atoms with Crippen molar-refractivity contribution in [3.05, 3.63) is 18.0 Å². The highest BCUT2D eigenvalue weighted by molar-refractivity contribution is 5.94. The second-order valence-electron chi connectivity index (χ2n) is 3.56. The van der Waals surface area contributed by atoms with Crippen molar-refractivity contribution in [2.75, 3.05) is 13.2 Å². The summed E-state index contributed by atoms with van der Waals surface area (Å²) in [4.78, 5) is 32.6. The quantitative estimate of drug-likeness (QED) is 0.599. The van der Waals surface area contributed by atoms with Crippen LogP contribution in [-0.2, 0) is 27.9 Å². The maximum atomic E-state index is 11.3. The van der Waals surface area contributed by atoms with Crippen LogP contribution in [0.1, 0.15) is 5.69 Å². The number of carboxylic acids is 1. The highest BCUT2D eigenvalue weighted by Gasteiger charge is 2.09. The normalized spacial score (nSPS) is 9.95. The van der Waals surface area contributed by atoms with E-state index in [0.29, 0.717) is 0 Å². The predicted octanol–water partition coefficient (Wildman–Crippen LogP) is -1.15. The van der Waals surface area contributed by atoms with Crippen LogP contribution in [0.3, 0.4) is 0 Å². The van der Waals surface area contributed by atoms with Gasteiger partial charge in [0, 0.05) is 13.2 Å². The molecule has 19 heavy (non-hydrogen) atoms. The molecule has 3 N–H and O–H groups in total. The fourth-order valence-electron chi connectivity index (χ4n) is 1.18. The van der Waals surface area contributed by atoms with E-state index in [2.05, 4.69) is 15.2 Å². The molecule has 0 spiro atoms. The van der Waals surface area contributed by atoms with Crippen molar-refractivity contribution < 1.29 is 24.2 Å². The number of aromatic nitrogens is 2. The van der Waals surface area contributed by atoms with Crippen LogP contribution in [0.15, 0.2) is 12.3 Å². The Bertz CT molecular complexity index is 470. The number of nitrogens with one attached hydrogen (secondary N) is 2. The molecule has 0 bridgehead atoms. The fourth-order valence-corrected chi connectivity index (χ4v) is 1.18. The largest absolute Gasteiger partial charge is 0.480 e. The molecule has 1 rings (SSSR count). The maximum absolute atomic E-state index is 11.3. The Morgan fingerprint density at radius 1 is 1.42 bits per heavy atom. The van der Waals surface area contributed by atoms with Gasteiger partial charge in [-0.1, -0.05) is 0 Å². The van der Waals surface area contributed by atoms with Crippen molar-refractivity contribution in [3.8, 4) is 0 Å². The number of urea groups is 1. The molecular weight excluding hydrogens is 256 g/mol. The Balaban J connectivity index is 2.22. The summed E-state index contributed by atoms with van der Waals surface area (Å²) in [7, 11) is 1.72. The molecule has 0 aromatic carbocycles. The van der Waals surface area contributed by atoms with Gasteiger partial charge in [0.2, 0.25) is 0 Å². The molecule has 0 saturated carbocycles. The zero-order valence-electron chi connectivity index (χ0n) is 10.3. The van der Waals surface area contributed by atoms with Crippen molar-refractivity contribution in [1.29, 1.82) is 0 Å². The highest BCUT2D eigenvalue weighted by Crippen LogP contribution is 1.94. The van der Waals surface area contributed by atoms with Gasteiger partial charge in [-0.2, -0.15) is 5.10 Å². The monoisotopic (exact) mass is 270 g/mol. The first-order valence-electron chi connectivity index (χ1n) is 5.33. The number of aliphatic carboxylic acids is 1. The summed E-state index contributed by atoms with van der Waals surface area (Å²) in [6.07, 6.45) is 1.58. The molecule has 0 radical (unpaired) electrons. The van der Waals surface area contributed by atoms with E-state index in [-0.39, 0.29) is 6.54 Å². The zero-order chi connectivity index (χ0) is 14.3. The summed E-state index contributed by atoms with van der Waals surface area (Å²) in [6.45, 7) is -0.874. The number of ether oxygens (including phenoxy) is 1. The predicted molar refractivity (Wildman–Crippen MR) is 62.0 cm³/mol. The van der Waals surface area contributed by atoms with Gasteiger partial charge >= 0.3 is 12.0 Å². The number of aryl methyl sites for hydroxylation is 1. The van der Waals surface area contributed by atoms with Crippen molar-refractivity contribution in [3.63, 3.8) is 0 Å². The summed E-state index contributed by atoms with van der Waals surface area (Å²) in [5.74, 6) is -1.91. The summed E-state index contributed by atoms with van der Waals surface area (Å²) in [6, 6.07) is 1.03. The summed E-state index contributed by atoms with van der Waals surface area (Å²) in [5, 5.41) is 16.6. The number of nitrogens with zero attached hydrogens (tertiary/aromatic N) is 2. The Hall–Kier alpha value is -2.42. The van der Waals surface area contributed by atoms with Crippen LogP contribution in [0.5, 0.6) is 0 Å². The third kappa shape index (κ3) is 5.64. The number of hydrogen-bond donors (Lipinski definition) is 3. The lowest BCUT2D eigenvalue weighted by Gasteiger charge is -2.06. The van der Waals surface area contributed by atoms with Crippen molar-refractivity contribution in [2.24, 2.45) is 7.05 Å². The van der Waals surface area contributed by atoms with Crippen LogP contribution >= 0.6 is 0 Å². The van der Waals surface area contributed by atoms with E-state index in [1.54, 1.807) is 24.0 Å². The second kappa shape index (κ2) is 7.11. The van der Waals surface area contributed by atoms with Gasteiger partial charge in [0.15, 0.2) is 0 Å². The topological polar surface area (TPSA) is 123 Å². The van der Waals surface area contributed by atoms with Crippen LogP contribution in [0.25, 0.3) is 0 Å². The first kappa shape index (κ1) is 14.6. The van der Waals surface area contributed by atoms with Crippen molar-refractivity contribution in [1.82, 2.24) is 20.4 Å². The van der Waals surface area contributed by atoms with Crippen LogP contribution in [0, 0.1) is 0 Å². The number of rotatable bonds is 6. The zero-order valence-corrected chi connectivity index (χ0v) is 10.3. The minimum absolute atomic E-state index is 0.214. The number of imide groups is 1. The number of carboxylic acid groups (broad SMARTS) is 1. The second-order valence-corrected chi connectivity index (χ2v) is 3.56. The molecule has 1 heterocycles. The lowest BCUT2D eigenvalue weighted by atomic mass is 10.4. The van der Waals surface area contributed by atoms with Crippen molar-refractivity contribution in [2.45, 2.75) is 6.54 Å². The van der Waals surface area contributed by atoms with E-state index in [1.807, 2.05) is 5.32 Å². The van der Waals surface area contributed by atoms with Crippen LogP contribution in [0.4, 0.5) is 4.79 Å². The van der Waals surface area contributed by atoms with E-state index in [1.165, 1.54) is 0 Å². The van der Waals surface area contributed by atoms with Gasteiger partial charge in [-0.25, -0.2) is 9.59 Å². The average Bonchev–Trinajstić information content (AvgIpc) is 2.71. The van der Waals surface area contributed by atoms with E-state index in [0.717, 1.165) is 5.69 Å². The Labute approximate surface area is 108 Å². The molecule has 104 valence electrons. The van der Waals surface area contributed by atoms with E-state index in [4.69, 9.17) is 5.11 Å². The molecule has 0 unspecified atom stereocenters. The molecule has 0 aliphatic heterocycles. The van der Waals surface area contributed by atoms with Gasteiger partial charge in [-0.15, -0.1) is 0 Å². The molecule has 3 amide bonds. The van der Waals surface area contributed by atoms with Gasteiger partial charge in [-0.3, -0.25) is 14.8 Å².